The Morgan fingerprint density at radius 1 is 1.55 bits per heavy atom. The summed E-state index contributed by atoms with van der Waals surface area (Å²) in [5.74, 6) is 1.41. The van der Waals surface area contributed by atoms with E-state index in [1.54, 1.807) is 12.3 Å². The molecule has 20 heavy (non-hydrogen) atoms. The molecule has 0 aliphatic rings. The van der Waals surface area contributed by atoms with Crippen molar-refractivity contribution >= 4 is 17.4 Å². The zero-order valence-electron chi connectivity index (χ0n) is 12.3. The monoisotopic (exact) mass is 297 g/mol. The van der Waals surface area contributed by atoms with Crippen LogP contribution in [0.1, 0.15) is 19.4 Å². The lowest BCUT2D eigenvalue weighted by molar-refractivity contribution is 0.302. The molecule has 0 bridgehead atoms. The van der Waals surface area contributed by atoms with E-state index in [0.717, 1.165) is 17.9 Å². The van der Waals surface area contributed by atoms with Gasteiger partial charge in [-0.05, 0) is 24.1 Å². The first kappa shape index (κ1) is 17.0. The van der Waals surface area contributed by atoms with Crippen molar-refractivity contribution in [2.24, 2.45) is 5.92 Å². The summed E-state index contributed by atoms with van der Waals surface area (Å²) in [6, 6.07) is 1.97. The van der Waals surface area contributed by atoms with Gasteiger partial charge in [0.2, 0.25) is 0 Å². The first-order valence-corrected chi connectivity index (χ1v) is 7.28. The maximum absolute atomic E-state index is 9.11. The highest BCUT2D eigenvalue weighted by molar-refractivity contribution is 6.31. The van der Waals surface area contributed by atoms with Gasteiger partial charge < -0.3 is 15.3 Å². The smallest absolute Gasteiger partial charge is 0.129 e. The minimum absolute atomic E-state index is 0.0824. The lowest BCUT2D eigenvalue weighted by atomic mass is 10.2. The molecule has 0 aromatic carbocycles. The second-order valence-electron chi connectivity index (χ2n) is 5.12. The number of halogens is 1. The Kier molecular flexibility index (Phi) is 7.59. The summed E-state index contributed by atoms with van der Waals surface area (Å²) in [6.07, 6.45) is 3.46. The topological polar surface area (TPSA) is 48.4 Å². The molecular formula is C15H24ClN3O. The van der Waals surface area contributed by atoms with Gasteiger partial charge in [0.25, 0.3) is 0 Å². The van der Waals surface area contributed by atoms with Crippen LogP contribution < -0.4 is 10.2 Å². The predicted molar refractivity (Wildman–Crippen MR) is 85.3 cm³/mol. The molecule has 0 spiro atoms. The minimum atomic E-state index is 0.0824. The fourth-order valence-electron chi connectivity index (χ4n) is 1.85. The molecule has 1 heterocycles. The summed E-state index contributed by atoms with van der Waals surface area (Å²) < 4.78 is 0. The van der Waals surface area contributed by atoms with Gasteiger partial charge in [-0.25, -0.2) is 4.98 Å². The van der Waals surface area contributed by atoms with Gasteiger partial charge in [-0.3, -0.25) is 0 Å². The molecule has 0 saturated carbocycles. The third kappa shape index (κ3) is 5.49. The number of aliphatic hydroxyl groups is 1. The normalized spacial score (nSPS) is 10.8. The number of nitrogens with one attached hydrogen (secondary N) is 1. The Hall–Kier alpha value is -1.10. The molecule has 0 amide bonds. The Labute approximate surface area is 126 Å². The third-order valence-electron chi connectivity index (χ3n) is 2.83. The highest BCUT2D eigenvalue weighted by atomic mass is 35.5. The van der Waals surface area contributed by atoms with Gasteiger partial charge >= 0.3 is 0 Å². The van der Waals surface area contributed by atoms with E-state index in [2.05, 4.69) is 30.7 Å². The van der Waals surface area contributed by atoms with Crippen LogP contribution in [0.4, 0.5) is 5.82 Å². The Balaban J connectivity index is 2.80. The number of aliphatic hydroxyl groups excluding tert-OH is 1. The van der Waals surface area contributed by atoms with E-state index >= 15 is 0 Å². The van der Waals surface area contributed by atoms with Crippen molar-refractivity contribution in [3.8, 4) is 0 Å². The van der Waals surface area contributed by atoms with Crippen molar-refractivity contribution in [2.75, 3.05) is 31.1 Å². The number of pyridine rings is 1. The molecule has 0 radical (unpaired) electrons. The molecule has 1 aromatic heterocycles. The molecule has 112 valence electrons. The number of rotatable bonds is 9. The van der Waals surface area contributed by atoms with Gasteiger partial charge in [-0.1, -0.05) is 31.5 Å². The maximum atomic E-state index is 9.11. The van der Waals surface area contributed by atoms with Gasteiger partial charge in [0.15, 0.2) is 0 Å². The molecule has 0 aliphatic carbocycles. The van der Waals surface area contributed by atoms with E-state index in [1.165, 1.54) is 0 Å². The number of anilines is 1. The standard InChI is InChI=1S/C15H24ClN3O/c1-4-5-19(6-7-20)15-8-13(14(16)11-18-15)10-17-9-12(2)3/h4,8,11-12,17,20H,1,5-7,9-10H2,2-3H3. The van der Waals surface area contributed by atoms with Crippen LogP contribution in [0.3, 0.4) is 0 Å². The molecule has 0 unspecified atom stereocenters. The van der Waals surface area contributed by atoms with Gasteiger partial charge in [0.05, 0.1) is 11.6 Å². The first-order valence-electron chi connectivity index (χ1n) is 6.90. The van der Waals surface area contributed by atoms with Gasteiger partial charge in [0, 0.05) is 25.8 Å². The molecule has 1 rings (SSSR count). The summed E-state index contributed by atoms with van der Waals surface area (Å²) in [5, 5.41) is 13.1. The highest BCUT2D eigenvalue weighted by Gasteiger charge is 2.09. The van der Waals surface area contributed by atoms with Crippen molar-refractivity contribution in [1.82, 2.24) is 10.3 Å². The average Bonchev–Trinajstić information content (AvgIpc) is 2.40. The average molecular weight is 298 g/mol. The zero-order chi connectivity index (χ0) is 15.0. The summed E-state index contributed by atoms with van der Waals surface area (Å²) in [6.45, 7) is 11.0. The van der Waals surface area contributed by atoms with Crippen LogP contribution >= 0.6 is 11.6 Å². The van der Waals surface area contributed by atoms with Crippen molar-refractivity contribution in [3.63, 3.8) is 0 Å². The van der Waals surface area contributed by atoms with Crippen LogP contribution in [0.15, 0.2) is 24.9 Å². The number of hydrogen-bond donors (Lipinski definition) is 2. The lowest BCUT2D eigenvalue weighted by Crippen LogP contribution is -2.28. The zero-order valence-corrected chi connectivity index (χ0v) is 13.0. The first-order chi connectivity index (χ1) is 9.58. The van der Waals surface area contributed by atoms with Crippen molar-refractivity contribution in [1.29, 1.82) is 0 Å². The lowest BCUT2D eigenvalue weighted by Gasteiger charge is -2.22. The quantitative estimate of drug-likeness (QED) is 0.688. The second-order valence-corrected chi connectivity index (χ2v) is 5.52. The van der Waals surface area contributed by atoms with Crippen LogP contribution in [0, 0.1) is 5.92 Å². The van der Waals surface area contributed by atoms with E-state index in [1.807, 2.05) is 11.0 Å². The van der Waals surface area contributed by atoms with Crippen molar-refractivity contribution in [3.05, 3.63) is 35.5 Å². The van der Waals surface area contributed by atoms with Gasteiger partial charge in [-0.2, -0.15) is 0 Å². The Morgan fingerprint density at radius 3 is 2.90 bits per heavy atom. The van der Waals surface area contributed by atoms with E-state index in [4.69, 9.17) is 16.7 Å². The largest absolute Gasteiger partial charge is 0.395 e. The van der Waals surface area contributed by atoms with Gasteiger partial charge in [0.1, 0.15) is 5.82 Å². The molecule has 0 aliphatic heterocycles. The van der Waals surface area contributed by atoms with Crippen LogP contribution in [0.2, 0.25) is 5.02 Å². The summed E-state index contributed by atoms with van der Waals surface area (Å²) in [7, 11) is 0. The van der Waals surface area contributed by atoms with Crippen molar-refractivity contribution in [2.45, 2.75) is 20.4 Å². The van der Waals surface area contributed by atoms with E-state index < -0.39 is 0 Å². The van der Waals surface area contributed by atoms with Crippen LogP contribution in [0.25, 0.3) is 0 Å². The Morgan fingerprint density at radius 2 is 2.30 bits per heavy atom. The number of nitrogens with zero attached hydrogens (tertiary/aromatic N) is 2. The van der Waals surface area contributed by atoms with Crippen molar-refractivity contribution < 1.29 is 5.11 Å². The number of aromatic nitrogens is 1. The summed E-state index contributed by atoms with van der Waals surface area (Å²) in [5.41, 5.74) is 1.02. The molecule has 2 N–H and O–H groups in total. The van der Waals surface area contributed by atoms with Crippen LogP contribution in [0.5, 0.6) is 0 Å². The maximum Gasteiger partial charge on any atom is 0.129 e. The molecule has 0 fully saturated rings. The highest BCUT2D eigenvalue weighted by Crippen LogP contribution is 2.20. The fourth-order valence-corrected chi connectivity index (χ4v) is 2.02. The van der Waals surface area contributed by atoms with Crippen LogP contribution in [-0.2, 0) is 6.54 Å². The van der Waals surface area contributed by atoms with E-state index in [-0.39, 0.29) is 6.61 Å². The van der Waals surface area contributed by atoms with Gasteiger partial charge in [-0.15, -0.1) is 6.58 Å². The molecular weight excluding hydrogens is 274 g/mol. The second kappa shape index (κ2) is 8.95. The van der Waals surface area contributed by atoms with E-state index in [0.29, 0.717) is 30.6 Å². The predicted octanol–water partition coefficient (Wildman–Crippen LogP) is 2.47. The SMILES string of the molecule is C=CCN(CCO)c1cc(CNCC(C)C)c(Cl)cn1. The van der Waals surface area contributed by atoms with Crippen LogP contribution in [-0.4, -0.2) is 36.3 Å². The molecule has 1 aromatic rings. The molecule has 5 heteroatoms. The molecule has 4 nitrogen and oxygen atoms in total. The molecule has 0 saturated heterocycles. The van der Waals surface area contributed by atoms with E-state index in [9.17, 15) is 0 Å². The minimum Gasteiger partial charge on any atom is -0.395 e. The summed E-state index contributed by atoms with van der Waals surface area (Å²) in [4.78, 5) is 6.29. The number of hydrogen-bond acceptors (Lipinski definition) is 4. The Bertz CT molecular complexity index is 424. The molecule has 0 atom stereocenters. The summed E-state index contributed by atoms with van der Waals surface area (Å²) >= 11 is 6.18. The third-order valence-corrected chi connectivity index (χ3v) is 3.17. The fraction of sp³-hybridized carbons (Fsp3) is 0.533.